The van der Waals surface area contributed by atoms with Crippen LogP contribution < -0.4 is 0 Å². The lowest BCUT2D eigenvalue weighted by Crippen LogP contribution is -2.26. The zero-order chi connectivity index (χ0) is 9.84. The maximum absolute atomic E-state index is 11.2. The lowest BCUT2D eigenvalue weighted by molar-refractivity contribution is -0.127. The lowest BCUT2D eigenvalue weighted by atomic mass is 10.4. The Balaban J connectivity index is 2.54. The van der Waals surface area contributed by atoms with Crippen molar-refractivity contribution >= 4 is 28.5 Å². The molecule has 1 rings (SSSR count). The molecule has 0 atom stereocenters. The van der Waals surface area contributed by atoms with Crippen LogP contribution in [0.1, 0.15) is 11.5 Å². The van der Waals surface area contributed by atoms with Crippen LogP contribution in [0.2, 0.25) is 0 Å². The smallest absolute Gasteiger partial charge is 0.232 e. The van der Waals surface area contributed by atoms with Gasteiger partial charge in [-0.05, 0) is 19.1 Å². The van der Waals surface area contributed by atoms with E-state index in [9.17, 15) is 4.79 Å². The summed E-state index contributed by atoms with van der Waals surface area (Å²) in [6, 6.07) is 3.80. The van der Waals surface area contributed by atoms with Crippen molar-refractivity contribution in [3.05, 3.63) is 23.7 Å². The Hall–Kier alpha value is -0.520. The van der Waals surface area contributed by atoms with Gasteiger partial charge in [0.15, 0.2) is 0 Å². The molecule has 0 fully saturated rings. The summed E-state index contributed by atoms with van der Waals surface area (Å²) in [6.07, 6.45) is 0. The molecule has 0 radical (unpaired) electrons. The third-order valence-corrected chi connectivity index (χ3v) is 2.38. The topological polar surface area (TPSA) is 33.5 Å². The molecule has 0 saturated carbocycles. The summed E-state index contributed by atoms with van der Waals surface area (Å²) >= 11 is 2.05. The first-order chi connectivity index (χ1) is 6.13. The van der Waals surface area contributed by atoms with Gasteiger partial charge in [0.05, 0.1) is 11.0 Å². The van der Waals surface area contributed by atoms with Gasteiger partial charge in [0.25, 0.3) is 0 Å². The standard InChI is InChI=1S/C9H12INO2/c1-7-3-4-8(13-7)6-11(2)9(12)5-10/h3-4H,5-6H2,1-2H3. The monoisotopic (exact) mass is 293 g/mol. The van der Waals surface area contributed by atoms with E-state index in [1.54, 1.807) is 11.9 Å². The molecule has 0 N–H and O–H groups in total. The van der Waals surface area contributed by atoms with Crippen LogP contribution in [0, 0.1) is 6.92 Å². The SMILES string of the molecule is Cc1ccc(CN(C)C(=O)CI)o1. The van der Waals surface area contributed by atoms with E-state index in [1.165, 1.54) is 0 Å². The van der Waals surface area contributed by atoms with Crippen LogP contribution in [0.4, 0.5) is 0 Å². The van der Waals surface area contributed by atoms with E-state index >= 15 is 0 Å². The molecule has 0 spiro atoms. The van der Waals surface area contributed by atoms with E-state index in [2.05, 4.69) is 22.6 Å². The summed E-state index contributed by atoms with van der Waals surface area (Å²) in [5.74, 6) is 1.83. The highest BCUT2D eigenvalue weighted by Crippen LogP contribution is 2.08. The quantitative estimate of drug-likeness (QED) is 0.631. The molecule has 1 heterocycles. The van der Waals surface area contributed by atoms with Crippen LogP contribution in [-0.2, 0) is 11.3 Å². The minimum Gasteiger partial charge on any atom is -0.464 e. The van der Waals surface area contributed by atoms with Gasteiger partial charge >= 0.3 is 0 Å². The third kappa shape index (κ3) is 3.02. The van der Waals surface area contributed by atoms with Crippen LogP contribution in [0.15, 0.2) is 16.5 Å². The number of hydrogen-bond acceptors (Lipinski definition) is 2. The summed E-state index contributed by atoms with van der Waals surface area (Å²) in [5.41, 5.74) is 0. The Bertz CT molecular complexity index is 296. The number of nitrogens with zero attached hydrogens (tertiary/aromatic N) is 1. The molecule has 1 aromatic rings. The molecule has 1 amide bonds. The van der Waals surface area contributed by atoms with Crippen LogP contribution >= 0.6 is 22.6 Å². The highest BCUT2D eigenvalue weighted by Gasteiger charge is 2.08. The molecule has 0 aliphatic heterocycles. The normalized spacial score (nSPS) is 10.1. The number of rotatable bonds is 3. The number of aryl methyl sites for hydroxylation is 1. The van der Waals surface area contributed by atoms with Gasteiger partial charge in [-0.3, -0.25) is 4.79 Å². The van der Waals surface area contributed by atoms with Gasteiger partial charge in [-0.25, -0.2) is 0 Å². The van der Waals surface area contributed by atoms with Gasteiger partial charge in [0.2, 0.25) is 5.91 Å². The van der Waals surface area contributed by atoms with Crippen molar-refractivity contribution in [1.29, 1.82) is 0 Å². The van der Waals surface area contributed by atoms with E-state index in [0.717, 1.165) is 11.5 Å². The van der Waals surface area contributed by atoms with Crippen molar-refractivity contribution in [2.24, 2.45) is 0 Å². The average Bonchev–Trinajstić information content (AvgIpc) is 2.49. The average molecular weight is 293 g/mol. The molecule has 0 aromatic carbocycles. The van der Waals surface area contributed by atoms with Crippen LogP contribution in [0.25, 0.3) is 0 Å². The van der Waals surface area contributed by atoms with E-state index < -0.39 is 0 Å². The largest absolute Gasteiger partial charge is 0.464 e. The van der Waals surface area contributed by atoms with Crippen LogP contribution in [-0.4, -0.2) is 22.3 Å². The van der Waals surface area contributed by atoms with E-state index in [1.807, 2.05) is 19.1 Å². The second kappa shape index (κ2) is 4.64. The lowest BCUT2D eigenvalue weighted by Gasteiger charge is -2.13. The summed E-state index contributed by atoms with van der Waals surface area (Å²) in [6.45, 7) is 2.44. The van der Waals surface area contributed by atoms with Crippen molar-refractivity contribution in [3.63, 3.8) is 0 Å². The molecular formula is C9H12INO2. The van der Waals surface area contributed by atoms with Gasteiger partial charge < -0.3 is 9.32 Å². The second-order valence-electron chi connectivity index (χ2n) is 2.90. The Labute approximate surface area is 91.2 Å². The molecule has 1 aromatic heterocycles. The van der Waals surface area contributed by atoms with E-state index in [0.29, 0.717) is 11.0 Å². The number of halogens is 1. The molecule has 3 nitrogen and oxygen atoms in total. The molecular weight excluding hydrogens is 281 g/mol. The van der Waals surface area contributed by atoms with E-state index in [4.69, 9.17) is 4.42 Å². The minimum absolute atomic E-state index is 0.120. The van der Waals surface area contributed by atoms with Crippen LogP contribution in [0.5, 0.6) is 0 Å². The van der Waals surface area contributed by atoms with Gasteiger partial charge in [0, 0.05) is 7.05 Å². The van der Waals surface area contributed by atoms with Gasteiger partial charge in [0.1, 0.15) is 11.5 Å². The Morgan fingerprint density at radius 3 is 2.77 bits per heavy atom. The molecule has 72 valence electrons. The Morgan fingerprint density at radius 1 is 1.62 bits per heavy atom. The van der Waals surface area contributed by atoms with Gasteiger partial charge in [-0.15, -0.1) is 0 Å². The predicted molar refractivity (Wildman–Crippen MR) is 58.8 cm³/mol. The van der Waals surface area contributed by atoms with Crippen molar-refractivity contribution in [1.82, 2.24) is 4.90 Å². The summed E-state index contributed by atoms with van der Waals surface area (Å²) < 4.78 is 5.86. The van der Waals surface area contributed by atoms with Crippen LogP contribution in [0.3, 0.4) is 0 Å². The fourth-order valence-corrected chi connectivity index (χ4v) is 1.58. The molecule has 13 heavy (non-hydrogen) atoms. The molecule has 0 unspecified atom stereocenters. The number of furan rings is 1. The highest BCUT2D eigenvalue weighted by molar-refractivity contribution is 14.1. The maximum Gasteiger partial charge on any atom is 0.232 e. The zero-order valence-corrected chi connectivity index (χ0v) is 9.87. The molecule has 0 aliphatic rings. The number of amides is 1. The predicted octanol–water partition coefficient (Wildman–Crippen LogP) is 1.98. The van der Waals surface area contributed by atoms with Crippen molar-refractivity contribution in [3.8, 4) is 0 Å². The fourth-order valence-electron chi connectivity index (χ4n) is 0.994. The second-order valence-corrected chi connectivity index (χ2v) is 3.66. The number of carbonyl (C=O) groups excluding carboxylic acids is 1. The summed E-state index contributed by atoms with van der Waals surface area (Å²) in [7, 11) is 1.78. The number of hydrogen-bond donors (Lipinski definition) is 0. The summed E-state index contributed by atoms with van der Waals surface area (Å²) in [4.78, 5) is 12.9. The third-order valence-electron chi connectivity index (χ3n) is 1.73. The molecule has 0 bridgehead atoms. The van der Waals surface area contributed by atoms with Gasteiger partial charge in [-0.2, -0.15) is 0 Å². The first-order valence-electron chi connectivity index (χ1n) is 3.98. The maximum atomic E-state index is 11.2. The molecule has 4 heteroatoms. The fraction of sp³-hybridized carbons (Fsp3) is 0.444. The Kier molecular flexibility index (Phi) is 3.77. The number of alkyl halides is 1. The Morgan fingerprint density at radius 2 is 2.31 bits per heavy atom. The molecule has 0 aliphatic carbocycles. The van der Waals surface area contributed by atoms with Crippen molar-refractivity contribution in [2.45, 2.75) is 13.5 Å². The summed E-state index contributed by atoms with van der Waals surface area (Å²) in [5, 5.41) is 0. The number of carbonyl (C=O) groups is 1. The zero-order valence-electron chi connectivity index (χ0n) is 7.71. The van der Waals surface area contributed by atoms with Gasteiger partial charge in [-0.1, -0.05) is 22.6 Å². The van der Waals surface area contributed by atoms with Crippen molar-refractivity contribution in [2.75, 3.05) is 11.5 Å². The van der Waals surface area contributed by atoms with E-state index in [-0.39, 0.29) is 5.91 Å². The molecule has 0 saturated heterocycles. The highest BCUT2D eigenvalue weighted by atomic mass is 127. The first kappa shape index (κ1) is 10.6. The minimum atomic E-state index is 0.120. The first-order valence-corrected chi connectivity index (χ1v) is 5.51. The van der Waals surface area contributed by atoms with Crippen molar-refractivity contribution < 1.29 is 9.21 Å².